The van der Waals surface area contributed by atoms with Gasteiger partial charge in [0.2, 0.25) is 5.91 Å². The van der Waals surface area contributed by atoms with Crippen molar-refractivity contribution in [2.45, 2.75) is 19.8 Å². The van der Waals surface area contributed by atoms with Gasteiger partial charge in [-0.1, -0.05) is 42.5 Å². The van der Waals surface area contributed by atoms with E-state index < -0.39 is 0 Å². The van der Waals surface area contributed by atoms with E-state index in [1.54, 1.807) is 0 Å². The maximum atomic E-state index is 12.3. The third-order valence-electron chi connectivity index (χ3n) is 4.44. The van der Waals surface area contributed by atoms with Gasteiger partial charge in [0.15, 0.2) is 0 Å². The molecule has 0 bridgehead atoms. The van der Waals surface area contributed by atoms with E-state index in [4.69, 9.17) is 9.47 Å². The number of aryl methyl sites for hydroxylation is 1. The second-order valence-electron chi connectivity index (χ2n) is 6.83. The second kappa shape index (κ2) is 11.5. The van der Waals surface area contributed by atoms with Crippen molar-refractivity contribution in [1.82, 2.24) is 0 Å². The lowest BCUT2D eigenvalue weighted by atomic mass is 10.1. The SMILES string of the molecule is CCOc1cccc(NCC(=O)Nc2cccc(OCCCc3ccccc3)c2)c1. The molecule has 0 saturated carbocycles. The lowest BCUT2D eigenvalue weighted by Crippen LogP contribution is -2.21. The van der Waals surface area contributed by atoms with Gasteiger partial charge in [-0.15, -0.1) is 0 Å². The van der Waals surface area contributed by atoms with Crippen molar-refractivity contribution in [3.8, 4) is 11.5 Å². The number of benzene rings is 3. The lowest BCUT2D eigenvalue weighted by Gasteiger charge is -2.11. The Morgan fingerprint density at radius 1 is 0.833 bits per heavy atom. The Hall–Kier alpha value is -3.47. The first-order valence-electron chi connectivity index (χ1n) is 10.3. The molecule has 0 aliphatic heterocycles. The van der Waals surface area contributed by atoms with E-state index in [2.05, 4.69) is 22.8 Å². The summed E-state index contributed by atoms with van der Waals surface area (Å²) in [6.07, 6.45) is 1.92. The minimum absolute atomic E-state index is 0.127. The van der Waals surface area contributed by atoms with Crippen LogP contribution in [0.5, 0.6) is 11.5 Å². The molecule has 0 aliphatic carbocycles. The fraction of sp³-hybridized carbons (Fsp3) is 0.240. The Kier molecular flexibility index (Phi) is 8.15. The van der Waals surface area contributed by atoms with Crippen molar-refractivity contribution in [3.05, 3.63) is 84.4 Å². The standard InChI is InChI=1S/C25H28N2O3/c1-2-29-23-14-6-12-21(17-23)26-19-25(28)27-22-13-7-15-24(18-22)30-16-8-11-20-9-4-3-5-10-20/h3-7,9-10,12-15,17-18,26H,2,8,11,16,19H2,1H3,(H,27,28). The number of carbonyl (C=O) groups excluding carboxylic acids is 1. The summed E-state index contributed by atoms with van der Waals surface area (Å²) in [5.74, 6) is 1.40. The van der Waals surface area contributed by atoms with Gasteiger partial charge in [0.05, 0.1) is 19.8 Å². The zero-order valence-corrected chi connectivity index (χ0v) is 17.3. The predicted molar refractivity (Wildman–Crippen MR) is 121 cm³/mol. The van der Waals surface area contributed by atoms with Gasteiger partial charge in [0.25, 0.3) is 0 Å². The molecule has 5 heteroatoms. The van der Waals surface area contributed by atoms with E-state index >= 15 is 0 Å². The van der Waals surface area contributed by atoms with Crippen LogP contribution in [0.1, 0.15) is 18.9 Å². The Morgan fingerprint density at radius 2 is 1.53 bits per heavy atom. The molecule has 3 aromatic carbocycles. The molecular formula is C25H28N2O3. The number of amides is 1. The zero-order valence-electron chi connectivity index (χ0n) is 17.3. The van der Waals surface area contributed by atoms with Crippen LogP contribution in [0.2, 0.25) is 0 Å². The molecule has 5 nitrogen and oxygen atoms in total. The van der Waals surface area contributed by atoms with Crippen molar-refractivity contribution < 1.29 is 14.3 Å². The van der Waals surface area contributed by atoms with E-state index in [0.717, 1.165) is 30.0 Å². The van der Waals surface area contributed by atoms with Crippen LogP contribution in [0.15, 0.2) is 78.9 Å². The molecule has 0 atom stereocenters. The molecule has 0 radical (unpaired) electrons. The average molecular weight is 405 g/mol. The van der Waals surface area contributed by atoms with Crippen molar-refractivity contribution in [1.29, 1.82) is 0 Å². The number of carbonyl (C=O) groups is 1. The van der Waals surface area contributed by atoms with Gasteiger partial charge >= 0.3 is 0 Å². The minimum atomic E-state index is -0.127. The molecule has 30 heavy (non-hydrogen) atoms. The number of anilines is 2. The van der Waals surface area contributed by atoms with Crippen LogP contribution in [-0.2, 0) is 11.2 Å². The molecule has 0 unspecified atom stereocenters. The molecule has 2 N–H and O–H groups in total. The normalized spacial score (nSPS) is 10.3. The lowest BCUT2D eigenvalue weighted by molar-refractivity contribution is -0.114. The van der Waals surface area contributed by atoms with E-state index in [1.807, 2.05) is 73.7 Å². The molecule has 1 amide bonds. The van der Waals surface area contributed by atoms with E-state index in [9.17, 15) is 4.79 Å². The van der Waals surface area contributed by atoms with Crippen molar-refractivity contribution in [2.24, 2.45) is 0 Å². The highest BCUT2D eigenvalue weighted by molar-refractivity contribution is 5.93. The van der Waals surface area contributed by atoms with E-state index in [1.165, 1.54) is 5.56 Å². The fourth-order valence-electron chi connectivity index (χ4n) is 3.02. The summed E-state index contributed by atoms with van der Waals surface area (Å²) >= 11 is 0. The number of nitrogens with one attached hydrogen (secondary N) is 2. The molecule has 0 saturated heterocycles. The van der Waals surface area contributed by atoms with Gasteiger partial charge in [-0.2, -0.15) is 0 Å². The summed E-state index contributed by atoms with van der Waals surface area (Å²) in [5.41, 5.74) is 2.86. The molecule has 0 heterocycles. The molecule has 0 aliphatic rings. The van der Waals surface area contributed by atoms with Gasteiger partial charge in [0.1, 0.15) is 11.5 Å². The molecule has 0 aromatic heterocycles. The van der Waals surface area contributed by atoms with Gasteiger partial charge in [-0.3, -0.25) is 4.79 Å². The Bertz CT molecular complexity index is 928. The van der Waals surface area contributed by atoms with Crippen LogP contribution in [0.4, 0.5) is 11.4 Å². The molecular weight excluding hydrogens is 376 g/mol. The number of hydrogen-bond acceptors (Lipinski definition) is 4. The maximum Gasteiger partial charge on any atom is 0.243 e. The predicted octanol–water partition coefficient (Wildman–Crippen LogP) is 5.15. The largest absolute Gasteiger partial charge is 0.494 e. The van der Waals surface area contributed by atoms with Gasteiger partial charge in [0, 0.05) is 23.5 Å². The topological polar surface area (TPSA) is 59.6 Å². The van der Waals surface area contributed by atoms with Gasteiger partial charge in [-0.25, -0.2) is 0 Å². The maximum absolute atomic E-state index is 12.3. The average Bonchev–Trinajstić information content (AvgIpc) is 2.77. The first-order valence-corrected chi connectivity index (χ1v) is 10.3. The number of ether oxygens (including phenoxy) is 2. The smallest absolute Gasteiger partial charge is 0.243 e. The highest BCUT2D eigenvalue weighted by Gasteiger charge is 2.05. The Morgan fingerprint density at radius 3 is 2.30 bits per heavy atom. The summed E-state index contributed by atoms with van der Waals surface area (Å²) in [6, 6.07) is 25.4. The van der Waals surface area contributed by atoms with E-state index in [0.29, 0.717) is 18.9 Å². The van der Waals surface area contributed by atoms with Gasteiger partial charge in [-0.05, 0) is 49.6 Å². The summed E-state index contributed by atoms with van der Waals surface area (Å²) in [4.78, 5) is 12.3. The molecule has 3 rings (SSSR count). The third kappa shape index (κ3) is 7.17. The highest BCUT2D eigenvalue weighted by Crippen LogP contribution is 2.19. The molecule has 0 spiro atoms. The van der Waals surface area contributed by atoms with Crippen LogP contribution >= 0.6 is 0 Å². The van der Waals surface area contributed by atoms with E-state index in [-0.39, 0.29) is 12.5 Å². The quantitative estimate of drug-likeness (QED) is 0.434. The Balaban J connectivity index is 1.42. The summed E-state index contributed by atoms with van der Waals surface area (Å²) < 4.78 is 11.3. The minimum Gasteiger partial charge on any atom is -0.494 e. The van der Waals surface area contributed by atoms with Crippen molar-refractivity contribution in [3.63, 3.8) is 0 Å². The molecule has 3 aromatic rings. The van der Waals surface area contributed by atoms with Crippen molar-refractivity contribution in [2.75, 3.05) is 30.4 Å². The molecule has 0 fully saturated rings. The van der Waals surface area contributed by atoms with Crippen LogP contribution < -0.4 is 20.1 Å². The third-order valence-corrected chi connectivity index (χ3v) is 4.44. The first-order chi connectivity index (χ1) is 14.7. The summed E-state index contributed by atoms with van der Waals surface area (Å²) in [6.45, 7) is 3.34. The zero-order chi connectivity index (χ0) is 21.0. The van der Waals surface area contributed by atoms with Crippen LogP contribution in [0, 0.1) is 0 Å². The molecule has 156 valence electrons. The first kappa shape index (κ1) is 21.2. The fourth-order valence-corrected chi connectivity index (χ4v) is 3.02. The van der Waals surface area contributed by atoms with Gasteiger partial charge < -0.3 is 20.1 Å². The number of rotatable bonds is 11. The summed E-state index contributed by atoms with van der Waals surface area (Å²) in [7, 11) is 0. The van der Waals surface area contributed by atoms with Crippen molar-refractivity contribution >= 4 is 17.3 Å². The monoisotopic (exact) mass is 404 g/mol. The van der Waals surface area contributed by atoms with Crippen LogP contribution in [0.25, 0.3) is 0 Å². The van der Waals surface area contributed by atoms with Crippen LogP contribution in [-0.4, -0.2) is 25.7 Å². The highest BCUT2D eigenvalue weighted by atomic mass is 16.5. The van der Waals surface area contributed by atoms with Crippen LogP contribution in [0.3, 0.4) is 0 Å². The second-order valence-corrected chi connectivity index (χ2v) is 6.83. The summed E-state index contributed by atoms with van der Waals surface area (Å²) in [5, 5.41) is 6.01. The number of hydrogen-bond donors (Lipinski definition) is 2. The Labute approximate surface area is 178 Å².